The van der Waals surface area contributed by atoms with Crippen LogP contribution in [-0.4, -0.2) is 29.3 Å². The molecule has 0 atom stereocenters. The van der Waals surface area contributed by atoms with Gasteiger partial charge in [-0.2, -0.15) is 4.98 Å². The molecule has 0 bridgehead atoms. The van der Waals surface area contributed by atoms with Crippen LogP contribution in [0.5, 0.6) is 5.75 Å². The summed E-state index contributed by atoms with van der Waals surface area (Å²) in [6.07, 6.45) is 0. The van der Waals surface area contributed by atoms with E-state index in [9.17, 15) is 9.18 Å². The molecular weight excluding hydrogens is 351 g/mol. The molecule has 4 rings (SSSR count). The van der Waals surface area contributed by atoms with Crippen LogP contribution in [-0.2, 0) is 6.61 Å². The highest BCUT2D eigenvalue weighted by atomic mass is 19.1. The van der Waals surface area contributed by atoms with Crippen LogP contribution >= 0.6 is 0 Å². The molecule has 138 valence electrons. The smallest absolute Gasteiger partial charge is 0.322 e. The van der Waals surface area contributed by atoms with Crippen molar-refractivity contribution in [1.29, 1.82) is 0 Å². The minimum absolute atomic E-state index is 0.0996. The van der Waals surface area contributed by atoms with Crippen molar-refractivity contribution in [1.82, 2.24) is 15.5 Å². The lowest BCUT2D eigenvalue weighted by atomic mass is 10.1. The maximum atomic E-state index is 12.9. The summed E-state index contributed by atoms with van der Waals surface area (Å²) in [5.41, 5.74) is 2.45. The summed E-state index contributed by atoms with van der Waals surface area (Å²) in [4.78, 5) is 18.0. The van der Waals surface area contributed by atoms with Gasteiger partial charge in [0, 0.05) is 24.3 Å². The fourth-order valence-electron chi connectivity index (χ4n) is 2.95. The van der Waals surface area contributed by atoms with Crippen molar-refractivity contribution >= 4 is 11.7 Å². The number of carbonyl (C=O) groups excluding carboxylic acids is 1. The van der Waals surface area contributed by atoms with Gasteiger partial charge in [-0.3, -0.25) is 4.90 Å². The minimum atomic E-state index is -0.328. The Balaban J connectivity index is 1.53. The lowest BCUT2D eigenvalue weighted by Crippen LogP contribution is -2.28. The van der Waals surface area contributed by atoms with E-state index < -0.39 is 0 Å². The van der Waals surface area contributed by atoms with Crippen LogP contribution in [0, 0.1) is 12.7 Å². The van der Waals surface area contributed by atoms with Crippen LogP contribution in [0.2, 0.25) is 0 Å². The Morgan fingerprint density at radius 1 is 1.26 bits per heavy atom. The fourth-order valence-corrected chi connectivity index (χ4v) is 2.95. The summed E-state index contributed by atoms with van der Waals surface area (Å²) >= 11 is 0. The predicted octanol–water partition coefficient (Wildman–Crippen LogP) is 3.29. The number of ether oxygens (including phenoxy) is 1. The second-order valence-corrected chi connectivity index (χ2v) is 6.09. The molecule has 2 amide bonds. The number of halogens is 1. The van der Waals surface area contributed by atoms with Gasteiger partial charge in [0.05, 0.1) is 0 Å². The molecule has 0 aliphatic carbocycles. The third-order valence-electron chi connectivity index (χ3n) is 4.33. The fraction of sp³-hybridized carbons (Fsp3) is 0.211. The van der Waals surface area contributed by atoms with Crippen molar-refractivity contribution in [2.75, 3.05) is 18.0 Å². The van der Waals surface area contributed by atoms with Gasteiger partial charge in [-0.1, -0.05) is 11.2 Å². The first kappa shape index (κ1) is 17.0. The highest BCUT2D eigenvalue weighted by molar-refractivity contribution is 5.95. The Kier molecular flexibility index (Phi) is 4.45. The SMILES string of the molecule is Cc1c(-c2nc(COc3ccc(F)cc3)no2)cccc1N1CCNC1=O. The minimum Gasteiger partial charge on any atom is -0.485 e. The van der Waals surface area contributed by atoms with E-state index in [0.29, 0.717) is 30.6 Å². The van der Waals surface area contributed by atoms with Gasteiger partial charge in [0.2, 0.25) is 5.82 Å². The number of hydrogen-bond acceptors (Lipinski definition) is 5. The lowest BCUT2D eigenvalue weighted by molar-refractivity contribution is 0.252. The second-order valence-electron chi connectivity index (χ2n) is 6.09. The van der Waals surface area contributed by atoms with Gasteiger partial charge in [-0.15, -0.1) is 0 Å². The number of aromatic nitrogens is 2. The second kappa shape index (κ2) is 7.06. The van der Waals surface area contributed by atoms with Gasteiger partial charge in [-0.05, 0) is 48.9 Å². The number of nitrogens with zero attached hydrogens (tertiary/aromatic N) is 3. The quantitative estimate of drug-likeness (QED) is 0.747. The first-order chi connectivity index (χ1) is 13.1. The van der Waals surface area contributed by atoms with Gasteiger partial charge >= 0.3 is 6.03 Å². The molecule has 0 spiro atoms. The number of hydrogen-bond donors (Lipinski definition) is 1. The van der Waals surface area contributed by atoms with Crippen LogP contribution in [0.3, 0.4) is 0 Å². The Labute approximate surface area is 154 Å². The topological polar surface area (TPSA) is 80.5 Å². The van der Waals surface area contributed by atoms with Gasteiger partial charge < -0.3 is 14.6 Å². The Morgan fingerprint density at radius 2 is 2.07 bits per heavy atom. The van der Waals surface area contributed by atoms with Gasteiger partial charge in [-0.25, -0.2) is 9.18 Å². The molecule has 2 aromatic carbocycles. The van der Waals surface area contributed by atoms with Crippen molar-refractivity contribution < 1.29 is 18.4 Å². The van der Waals surface area contributed by atoms with Gasteiger partial charge in [0.1, 0.15) is 11.6 Å². The van der Waals surface area contributed by atoms with Gasteiger partial charge in [0.25, 0.3) is 5.89 Å². The van der Waals surface area contributed by atoms with Crippen LogP contribution in [0.15, 0.2) is 47.0 Å². The number of urea groups is 1. The first-order valence-corrected chi connectivity index (χ1v) is 8.48. The first-order valence-electron chi connectivity index (χ1n) is 8.48. The largest absolute Gasteiger partial charge is 0.485 e. The van der Waals surface area contributed by atoms with Crippen molar-refractivity contribution in [2.24, 2.45) is 0 Å². The number of rotatable bonds is 5. The lowest BCUT2D eigenvalue weighted by Gasteiger charge is -2.18. The summed E-state index contributed by atoms with van der Waals surface area (Å²) < 4.78 is 23.8. The highest BCUT2D eigenvalue weighted by Gasteiger charge is 2.24. The molecule has 0 radical (unpaired) electrons. The maximum Gasteiger partial charge on any atom is 0.322 e. The van der Waals surface area contributed by atoms with Crippen molar-refractivity contribution in [3.8, 4) is 17.2 Å². The molecule has 1 aliphatic heterocycles. The zero-order valence-electron chi connectivity index (χ0n) is 14.6. The van der Waals surface area contributed by atoms with E-state index in [-0.39, 0.29) is 18.5 Å². The van der Waals surface area contributed by atoms with E-state index in [1.807, 2.05) is 25.1 Å². The molecule has 0 saturated carbocycles. The van der Waals surface area contributed by atoms with E-state index in [1.54, 1.807) is 4.90 Å². The number of carbonyl (C=O) groups is 1. The molecule has 1 N–H and O–H groups in total. The monoisotopic (exact) mass is 368 g/mol. The number of amides is 2. The summed E-state index contributed by atoms with van der Waals surface area (Å²) in [6.45, 7) is 3.25. The number of anilines is 1. The molecule has 1 aromatic heterocycles. The summed E-state index contributed by atoms with van der Waals surface area (Å²) in [6, 6.07) is 11.2. The van der Waals surface area contributed by atoms with E-state index in [2.05, 4.69) is 15.5 Å². The zero-order chi connectivity index (χ0) is 18.8. The zero-order valence-corrected chi connectivity index (χ0v) is 14.6. The molecular formula is C19H17FN4O3. The molecule has 7 nitrogen and oxygen atoms in total. The molecule has 27 heavy (non-hydrogen) atoms. The third kappa shape index (κ3) is 3.46. The third-order valence-corrected chi connectivity index (χ3v) is 4.33. The van der Waals surface area contributed by atoms with Crippen LogP contribution in [0.1, 0.15) is 11.4 Å². The predicted molar refractivity (Wildman–Crippen MR) is 95.9 cm³/mol. The molecule has 0 unspecified atom stereocenters. The van der Waals surface area contributed by atoms with E-state index in [4.69, 9.17) is 9.26 Å². The molecule has 2 heterocycles. The Morgan fingerprint density at radius 3 is 2.81 bits per heavy atom. The summed E-state index contributed by atoms with van der Waals surface area (Å²) in [7, 11) is 0. The van der Waals surface area contributed by atoms with Crippen LogP contribution in [0.4, 0.5) is 14.9 Å². The standard InChI is InChI=1S/C19H17FN4O3/c1-12-15(3-2-4-16(12)24-10-9-21-19(24)25)18-22-17(23-27-18)11-26-14-7-5-13(20)6-8-14/h2-8H,9-11H2,1H3,(H,21,25). The van der Waals surface area contributed by atoms with Crippen molar-refractivity contribution in [3.05, 3.63) is 59.7 Å². The molecule has 1 fully saturated rings. The maximum absolute atomic E-state index is 12.9. The highest BCUT2D eigenvalue weighted by Crippen LogP contribution is 2.30. The average Bonchev–Trinajstić information content (AvgIpc) is 3.31. The van der Waals surface area contributed by atoms with Gasteiger partial charge in [0.15, 0.2) is 6.61 Å². The Bertz CT molecular complexity index is 971. The molecule has 8 heteroatoms. The molecule has 1 saturated heterocycles. The van der Waals surface area contributed by atoms with Crippen LogP contribution in [0.25, 0.3) is 11.5 Å². The number of benzene rings is 2. The van der Waals surface area contributed by atoms with Crippen LogP contribution < -0.4 is 15.0 Å². The van der Waals surface area contributed by atoms with Crippen molar-refractivity contribution in [3.63, 3.8) is 0 Å². The van der Waals surface area contributed by atoms with Crippen molar-refractivity contribution in [2.45, 2.75) is 13.5 Å². The van der Waals surface area contributed by atoms with E-state index >= 15 is 0 Å². The molecule has 1 aliphatic rings. The molecule has 3 aromatic rings. The van der Waals surface area contributed by atoms with E-state index in [0.717, 1.165) is 16.8 Å². The Hall–Kier alpha value is -3.42. The summed E-state index contributed by atoms with van der Waals surface area (Å²) in [5.74, 6) is 0.914. The van der Waals surface area contributed by atoms with E-state index in [1.165, 1.54) is 24.3 Å². The number of nitrogens with one attached hydrogen (secondary N) is 1. The normalized spacial score (nSPS) is 13.7. The average molecular weight is 368 g/mol. The summed E-state index contributed by atoms with van der Waals surface area (Å²) in [5, 5.41) is 6.72.